The maximum atomic E-state index is 5.65. The predicted molar refractivity (Wildman–Crippen MR) is 68.2 cm³/mol. The SMILES string of the molecule is CCc1cccc(C(NN)c2cnn(C)c2)c1. The number of nitrogens with two attached hydrogens (primary N) is 1. The molecule has 0 radical (unpaired) electrons. The average molecular weight is 230 g/mol. The highest BCUT2D eigenvalue weighted by Gasteiger charge is 2.13. The number of aromatic nitrogens is 2. The van der Waals surface area contributed by atoms with Gasteiger partial charge < -0.3 is 0 Å². The van der Waals surface area contributed by atoms with E-state index in [1.165, 1.54) is 11.1 Å². The van der Waals surface area contributed by atoms with E-state index < -0.39 is 0 Å². The molecule has 1 unspecified atom stereocenters. The quantitative estimate of drug-likeness (QED) is 0.618. The second-order valence-corrected chi connectivity index (χ2v) is 4.15. The number of hydrazine groups is 1. The molecule has 0 bridgehead atoms. The molecule has 1 heterocycles. The molecular formula is C13H18N4. The minimum absolute atomic E-state index is 0.00444. The van der Waals surface area contributed by atoms with Gasteiger partial charge in [-0.25, -0.2) is 5.43 Å². The van der Waals surface area contributed by atoms with Crippen molar-refractivity contribution in [1.82, 2.24) is 15.2 Å². The fourth-order valence-electron chi connectivity index (χ4n) is 1.97. The Hall–Kier alpha value is -1.65. The van der Waals surface area contributed by atoms with Crippen molar-refractivity contribution < 1.29 is 0 Å². The lowest BCUT2D eigenvalue weighted by molar-refractivity contribution is 0.635. The zero-order chi connectivity index (χ0) is 12.3. The molecule has 17 heavy (non-hydrogen) atoms. The first-order valence-corrected chi connectivity index (χ1v) is 5.78. The smallest absolute Gasteiger partial charge is 0.0740 e. The number of rotatable bonds is 4. The van der Waals surface area contributed by atoms with Crippen LogP contribution in [0.4, 0.5) is 0 Å². The van der Waals surface area contributed by atoms with Crippen LogP contribution in [0, 0.1) is 0 Å². The van der Waals surface area contributed by atoms with E-state index >= 15 is 0 Å². The highest BCUT2D eigenvalue weighted by molar-refractivity contribution is 5.32. The van der Waals surface area contributed by atoms with E-state index in [4.69, 9.17) is 5.84 Å². The topological polar surface area (TPSA) is 55.9 Å². The summed E-state index contributed by atoms with van der Waals surface area (Å²) in [5.41, 5.74) is 6.40. The van der Waals surface area contributed by atoms with E-state index in [-0.39, 0.29) is 6.04 Å². The number of hydrogen-bond donors (Lipinski definition) is 2. The Morgan fingerprint density at radius 1 is 1.41 bits per heavy atom. The lowest BCUT2D eigenvalue weighted by Gasteiger charge is -2.15. The highest BCUT2D eigenvalue weighted by Crippen LogP contribution is 2.21. The first kappa shape index (κ1) is 11.8. The van der Waals surface area contributed by atoms with Crippen molar-refractivity contribution in [3.8, 4) is 0 Å². The molecule has 90 valence electrons. The van der Waals surface area contributed by atoms with Gasteiger partial charge >= 0.3 is 0 Å². The van der Waals surface area contributed by atoms with Crippen LogP contribution in [0.25, 0.3) is 0 Å². The molecule has 2 aromatic rings. The zero-order valence-electron chi connectivity index (χ0n) is 10.2. The third kappa shape index (κ3) is 2.54. The van der Waals surface area contributed by atoms with Gasteiger partial charge in [0.1, 0.15) is 0 Å². The summed E-state index contributed by atoms with van der Waals surface area (Å²) in [5, 5.41) is 4.17. The number of aryl methyl sites for hydroxylation is 2. The maximum Gasteiger partial charge on any atom is 0.0740 e. The molecule has 1 aromatic carbocycles. The van der Waals surface area contributed by atoms with Crippen LogP contribution in [-0.2, 0) is 13.5 Å². The van der Waals surface area contributed by atoms with E-state index in [2.05, 4.69) is 41.7 Å². The first-order chi connectivity index (χ1) is 8.24. The number of nitrogens with zero attached hydrogens (tertiary/aromatic N) is 2. The van der Waals surface area contributed by atoms with E-state index in [0.29, 0.717) is 0 Å². The molecule has 1 aromatic heterocycles. The van der Waals surface area contributed by atoms with Crippen LogP contribution in [0.15, 0.2) is 36.7 Å². The van der Waals surface area contributed by atoms with Crippen molar-refractivity contribution in [1.29, 1.82) is 0 Å². The summed E-state index contributed by atoms with van der Waals surface area (Å²) in [6.07, 6.45) is 4.84. The normalized spacial score (nSPS) is 12.6. The minimum Gasteiger partial charge on any atom is -0.275 e. The Bertz CT molecular complexity index is 490. The third-order valence-electron chi connectivity index (χ3n) is 2.92. The highest BCUT2D eigenvalue weighted by atomic mass is 15.3. The van der Waals surface area contributed by atoms with Gasteiger partial charge in [0, 0.05) is 18.8 Å². The van der Waals surface area contributed by atoms with Crippen LogP contribution >= 0.6 is 0 Å². The first-order valence-electron chi connectivity index (χ1n) is 5.78. The third-order valence-corrected chi connectivity index (χ3v) is 2.92. The summed E-state index contributed by atoms with van der Waals surface area (Å²) < 4.78 is 1.78. The Morgan fingerprint density at radius 3 is 2.82 bits per heavy atom. The van der Waals surface area contributed by atoms with Crippen LogP contribution in [-0.4, -0.2) is 9.78 Å². The molecule has 0 spiro atoms. The van der Waals surface area contributed by atoms with Gasteiger partial charge in [0.15, 0.2) is 0 Å². The molecule has 0 saturated heterocycles. The Morgan fingerprint density at radius 2 is 2.24 bits per heavy atom. The molecule has 4 nitrogen and oxygen atoms in total. The van der Waals surface area contributed by atoms with Crippen LogP contribution in [0.1, 0.15) is 29.7 Å². The van der Waals surface area contributed by atoms with Crippen molar-refractivity contribution >= 4 is 0 Å². The van der Waals surface area contributed by atoms with Gasteiger partial charge in [0.2, 0.25) is 0 Å². The lowest BCUT2D eigenvalue weighted by atomic mass is 9.99. The van der Waals surface area contributed by atoms with Gasteiger partial charge in [-0.2, -0.15) is 5.10 Å². The van der Waals surface area contributed by atoms with Gasteiger partial charge in [-0.1, -0.05) is 31.2 Å². The summed E-state index contributed by atoms with van der Waals surface area (Å²) in [6, 6.07) is 8.44. The van der Waals surface area contributed by atoms with Gasteiger partial charge in [-0.3, -0.25) is 10.5 Å². The van der Waals surface area contributed by atoms with Crippen LogP contribution in [0.2, 0.25) is 0 Å². The Balaban J connectivity index is 2.34. The number of hydrogen-bond acceptors (Lipinski definition) is 3. The average Bonchev–Trinajstić information content (AvgIpc) is 2.77. The molecule has 0 aliphatic rings. The van der Waals surface area contributed by atoms with Crippen molar-refractivity contribution in [2.75, 3.05) is 0 Å². The molecule has 2 rings (SSSR count). The molecule has 0 aliphatic carbocycles. The molecule has 0 amide bonds. The second kappa shape index (κ2) is 5.12. The van der Waals surface area contributed by atoms with Crippen LogP contribution in [0.5, 0.6) is 0 Å². The molecule has 3 N–H and O–H groups in total. The van der Waals surface area contributed by atoms with Crippen molar-refractivity contribution in [3.05, 3.63) is 53.3 Å². The van der Waals surface area contributed by atoms with Crippen LogP contribution < -0.4 is 11.3 Å². The fraction of sp³-hybridized carbons (Fsp3) is 0.308. The monoisotopic (exact) mass is 230 g/mol. The summed E-state index contributed by atoms with van der Waals surface area (Å²) >= 11 is 0. The Kier molecular flexibility index (Phi) is 3.56. The summed E-state index contributed by atoms with van der Waals surface area (Å²) in [7, 11) is 1.90. The maximum absolute atomic E-state index is 5.65. The van der Waals surface area contributed by atoms with Gasteiger partial charge in [0.05, 0.1) is 12.2 Å². The fourth-order valence-corrected chi connectivity index (χ4v) is 1.97. The van der Waals surface area contributed by atoms with Crippen molar-refractivity contribution in [3.63, 3.8) is 0 Å². The summed E-state index contributed by atoms with van der Waals surface area (Å²) in [6.45, 7) is 2.15. The van der Waals surface area contributed by atoms with Gasteiger partial charge in [-0.15, -0.1) is 0 Å². The summed E-state index contributed by atoms with van der Waals surface area (Å²) in [5.74, 6) is 5.65. The minimum atomic E-state index is -0.00444. The van der Waals surface area contributed by atoms with E-state index in [1.807, 2.05) is 19.4 Å². The molecule has 0 aliphatic heterocycles. The largest absolute Gasteiger partial charge is 0.275 e. The van der Waals surface area contributed by atoms with Crippen molar-refractivity contribution in [2.45, 2.75) is 19.4 Å². The van der Waals surface area contributed by atoms with Gasteiger partial charge in [-0.05, 0) is 17.5 Å². The second-order valence-electron chi connectivity index (χ2n) is 4.15. The van der Waals surface area contributed by atoms with E-state index in [0.717, 1.165) is 12.0 Å². The molecule has 0 fully saturated rings. The molecule has 4 heteroatoms. The van der Waals surface area contributed by atoms with Gasteiger partial charge in [0.25, 0.3) is 0 Å². The standard InChI is InChI=1S/C13H18N4/c1-3-10-5-4-6-11(7-10)13(16-14)12-8-15-17(2)9-12/h4-9,13,16H,3,14H2,1-2H3. The molecule has 0 saturated carbocycles. The number of nitrogens with one attached hydrogen (secondary N) is 1. The Labute approximate surface area is 101 Å². The van der Waals surface area contributed by atoms with Crippen LogP contribution in [0.3, 0.4) is 0 Å². The van der Waals surface area contributed by atoms with E-state index in [9.17, 15) is 0 Å². The predicted octanol–water partition coefficient (Wildman–Crippen LogP) is 1.54. The lowest BCUT2D eigenvalue weighted by Crippen LogP contribution is -2.28. The zero-order valence-corrected chi connectivity index (χ0v) is 10.2. The summed E-state index contributed by atoms with van der Waals surface area (Å²) in [4.78, 5) is 0. The van der Waals surface area contributed by atoms with E-state index in [1.54, 1.807) is 4.68 Å². The van der Waals surface area contributed by atoms with Crippen molar-refractivity contribution in [2.24, 2.45) is 12.9 Å². The molecule has 1 atom stereocenters. The molecular weight excluding hydrogens is 212 g/mol. The number of benzene rings is 1.